The van der Waals surface area contributed by atoms with Gasteiger partial charge in [0.1, 0.15) is 0 Å². The van der Waals surface area contributed by atoms with Crippen LogP contribution in [-0.2, 0) is 11.2 Å². The van der Waals surface area contributed by atoms with Crippen LogP contribution in [0.25, 0.3) is 0 Å². The van der Waals surface area contributed by atoms with Crippen LogP contribution in [0.5, 0.6) is 0 Å². The molecule has 0 unspecified atom stereocenters. The van der Waals surface area contributed by atoms with Crippen LogP contribution in [-0.4, -0.2) is 24.8 Å². The van der Waals surface area contributed by atoms with Crippen LogP contribution >= 0.6 is 0 Å². The molecule has 0 bridgehead atoms. The Morgan fingerprint density at radius 2 is 1.89 bits per heavy atom. The van der Waals surface area contributed by atoms with Crippen molar-refractivity contribution in [2.75, 3.05) is 13.2 Å². The highest BCUT2D eigenvalue weighted by molar-refractivity contribution is 5.16. The summed E-state index contributed by atoms with van der Waals surface area (Å²) in [6.07, 6.45) is 7.77. The van der Waals surface area contributed by atoms with Crippen molar-refractivity contribution in [1.29, 1.82) is 0 Å². The van der Waals surface area contributed by atoms with E-state index < -0.39 is 0 Å². The van der Waals surface area contributed by atoms with Crippen LogP contribution < -0.4 is 5.32 Å². The Hall–Kier alpha value is -0.860. The summed E-state index contributed by atoms with van der Waals surface area (Å²) in [7, 11) is 0. The molecular formula is C16H23NO. The summed E-state index contributed by atoms with van der Waals surface area (Å²) in [5, 5.41) is 3.89. The summed E-state index contributed by atoms with van der Waals surface area (Å²) < 4.78 is 5.89. The lowest BCUT2D eigenvalue weighted by atomic mass is 9.80. The zero-order chi connectivity index (χ0) is 12.3. The van der Waals surface area contributed by atoms with Gasteiger partial charge in [-0.3, -0.25) is 0 Å². The zero-order valence-electron chi connectivity index (χ0n) is 11.0. The van der Waals surface area contributed by atoms with Gasteiger partial charge in [0, 0.05) is 11.6 Å². The average molecular weight is 245 g/mol. The van der Waals surface area contributed by atoms with Crippen molar-refractivity contribution in [3.05, 3.63) is 35.9 Å². The second-order valence-corrected chi connectivity index (χ2v) is 5.89. The number of morpholine rings is 1. The molecule has 1 aromatic carbocycles. The first-order valence-corrected chi connectivity index (χ1v) is 7.26. The molecule has 2 fully saturated rings. The molecule has 1 spiro atoms. The van der Waals surface area contributed by atoms with Gasteiger partial charge in [0.05, 0.1) is 13.2 Å². The van der Waals surface area contributed by atoms with Crippen molar-refractivity contribution < 1.29 is 4.74 Å². The maximum atomic E-state index is 5.89. The Kier molecular flexibility index (Phi) is 3.67. The van der Waals surface area contributed by atoms with Crippen LogP contribution in [0.4, 0.5) is 0 Å². The van der Waals surface area contributed by atoms with Gasteiger partial charge in [0.2, 0.25) is 0 Å². The third-order valence-electron chi connectivity index (χ3n) is 4.34. The largest absolute Gasteiger partial charge is 0.378 e. The van der Waals surface area contributed by atoms with E-state index in [9.17, 15) is 0 Å². The van der Waals surface area contributed by atoms with E-state index in [-0.39, 0.29) is 5.54 Å². The Balaban J connectivity index is 1.63. The SMILES string of the molecule is c1ccc(C[C@H]2COCC3(CCCCC3)N2)cc1. The summed E-state index contributed by atoms with van der Waals surface area (Å²) in [4.78, 5) is 0. The minimum atomic E-state index is 0.288. The molecule has 1 saturated heterocycles. The lowest BCUT2D eigenvalue weighted by Crippen LogP contribution is -2.60. The fourth-order valence-corrected chi connectivity index (χ4v) is 3.44. The van der Waals surface area contributed by atoms with Gasteiger partial charge >= 0.3 is 0 Å². The topological polar surface area (TPSA) is 21.3 Å². The number of hydrogen-bond donors (Lipinski definition) is 1. The van der Waals surface area contributed by atoms with Gasteiger partial charge in [-0.2, -0.15) is 0 Å². The molecule has 0 aromatic heterocycles. The quantitative estimate of drug-likeness (QED) is 0.865. The van der Waals surface area contributed by atoms with E-state index in [1.165, 1.54) is 37.7 Å². The van der Waals surface area contributed by atoms with E-state index in [1.54, 1.807) is 0 Å². The maximum absolute atomic E-state index is 5.89. The van der Waals surface area contributed by atoms with E-state index in [2.05, 4.69) is 35.6 Å². The number of ether oxygens (including phenoxy) is 1. The molecule has 98 valence electrons. The smallest absolute Gasteiger partial charge is 0.0649 e. The second-order valence-electron chi connectivity index (χ2n) is 5.89. The predicted molar refractivity (Wildman–Crippen MR) is 73.7 cm³/mol. The standard InChI is InChI=1S/C16H23NO/c1-3-7-14(8-4-1)11-15-12-18-13-16(17-15)9-5-2-6-10-16/h1,3-4,7-8,15,17H,2,5-6,9-13H2/t15-/m0/s1. The summed E-state index contributed by atoms with van der Waals surface area (Å²) in [5.74, 6) is 0. The molecule has 3 rings (SSSR count). The first-order valence-electron chi connectivity index (χ1n) is 7.26. The van der Waals surface area contributed by atoms with Gasteiger partial charge in [0.25, 0.3) is 0 Å². The van der Waals surface area contributed by atoms with E-state index in [4.69, 9.17) is 4.74 Å². The first kappa shape index (κ1) is 12.2. The number of benzene rings is 1. The van der Waals surface area contributed by atoms with Crippen molar-refractivity contribution in [1.82, 2.24) is 5.32 Å². The summed E-state index contributed by atoms with van der Waals surface area (Å²) in [5.41, 5.74) is 1.70. The third-order valence-corrected chi connectivity index (χ3v) is 4.34. The molecule has 2 aliphatic rings. The van der Waals surface area contributed by atoms with Gasteiger partial charge in [-0.1, -0.05) is 49.6 Å². The van der Waals surface area contributed by atoms with Gasteiger partial charge < -0.3 is 10.1 Å². The molecule has 1 aliphatic carbocycles. The van der Waals surface area contributed by atoms with E-state index in [1.807, 2.05) is 0 Å². The van der Waals surface area contributed by atoms with Crippen molar-refractivity contribution >= 4 is 0 Å². The summed E-state index contributed by atoms with van der Waals surface area (Å²) >= 11 is 0. The Morgan fingerprint density at radius 1 is 1.11 bits per heavy atom. The van der Waals surface area contributed by atoms with Crippen LogP contribution in [0.1, 0.15) is 37.7 Å². The van der Waals surface area contributed by atoms with Crippen molar-refractivity contribution in [3.63, 3.8) is 0 Å². The molecule has 1 heterocycles. The molecule has 1 N–H and O–H groups in total. The van der Waals surface area contributed by atoms with Gasteiger partial charge in [-0.15, -0.1) is 0 Å². The number of hydrogen-bond acceptors (Lipinski definition) is 2. The highest BCUT2D eigenvalue weighted by Gasteiger charge is 2.37. The molecule has 1 atom stereocenters. The second kappa shape index (κ2) is 5.41. The molecule has 1 aliphatic heterocycles. The van der Waals surface area contributed by atoms with Crippen molar-refractivity contribution in [3.8, 4) is 0 Å². The molecule has 0 amide bonds. The molecule has 2 nitrogen and oxygen atoms in total. The third kappa shape index (κ3) is 2.76. The minimum absolute atomic E-state index is 0.288. The van der Waals surface area contributed by atoms with E-state index in [0.29, 0.717) is 6.04 Å². The van der Waals surface area contributed by atoms with E-state index in [0.717, 1.165) is 19.6 Å². The Morgan fingerprint density at radius 3 is 2.67 bits per heavy atom. The molecule has 2 heteroatoms. The fourth-order valence-electron chi connectivity index (χ4n) is 3.44. The van der Waals surface area contributed by atoms with Crippen molar-refractivity contribution in [2.24, 2.45) is 0 Å². The minimum Gasteiger partial charge on any atom is -0.378 e. The van der Waals surface area contributed by atoms with E-state index >= 15 is 0 Å². The molecular weight excluding hydrogens is 222 g/mol. The van der Waals surface area contributed by atoms with Crippen molar-refractivity contribution in [2.45, 2.75) is 50.1 Å². The molecule has 0 radical (unpaired) electrons. The average Bonchev–Trinajstić information content (AvgIpc) is 2.41. The molecule has 18 heavy (non-hydrogen) atoms. The molecule has 1 aromatic rings. The summed E-state index contributed by atoms with van der Waals surface area (Å²) in [6, 6.07) is 11.2. The predicted octanol–water partition coefficient (Wildman–Crippen LogP) is 2.92. The summed E-state index contributed by atoms with van der Waals surface area (Å²) in [6.45, 7) is 1.77. The maximum Gasteiger partial charge on any atom is 0.0649 e. The fraction of sp³-hybridized carbons (Fsp3) is 0.625. The van der Waals surface area contributed by atoms with Crippen LogP contribution in [0.2, 0.25) is 0 Å². The monoisotopic (exact) mass is 245 g/mol. The highest BCUT2D eigenvalue weighted by Crippen LogP contribution is 2.31. The Labute approximate surface area is 110 Å². The van der Waals surface area contributed by atoms with Gasteiger partial charge in [-0.25, -0.2) is 0 Å². The lowest BCUT2D eigenvalue weighted by molar-refractivity contribution is -0.0172. The lowest BCUT2D eigenvalue weighted by Gasteiger charge is -2.44. The van der Waals surface area contributed by atoms with Crippen LogP contribution in [0.3, 0.4) is 0 Å². The van der Waals surface area contributed by atoms with Gasteiger partial charge in [0.15, 0.2) is 0 Å². The van der Waals surface area contributed by atoms with Crippen LogP contribution in [0, 0.1) is 0 Å². The highest BCUT2D eigenvalue weighted by atomic mass is 16.5. The number of nitrogens with one attached hydrogen (secondary N) is 1. The number of rotatable bonds is 2. The normalized spacial score (nSPS) is 27.2. The molecule has 1 saturated carbocycles. The van der Waals surface area contributed by atoms with Crippen LogP contribution in [0.15, 0.2) is 30.3 Å². The Bertz CT molecular complexity index is 364. The zero-order valence-corrected chi connectivity index (χ0v) is 11.0. The van der Waals surface area contributed by atoms with Gasteiger partial charge in [-0.05, 0) is 24.8 Å². The first-order chi connectivity index (χ1) is 8.86.